The van der Waals surface area contributed by atoms with Crippen molar-refractivity contribution in [2.45, 2.75) is 26.7 Å². The molecule has 2 aliphatic heterocycles. The minimum absolute atomic E-state index is 0.180. The van der Waals surface area contributed by atoms with E-state index in [1.165, 1.54) is 5.56 Å². The molecular weight excluding hydrogens is 306 g/mol. The van der Waals surface area contributed by atoms with E-state index in [1.807, 2.05) is 13.0 Å². The molecule has 0 aromatic carbocycles. The van der Waals surface area contributed by atoms with Crippen molar-refractivity contribution in [2.24, 2.45) is 16.0 Å². The number of aromatic nitrogens is 1. The van der Waals surface area contributed by atoms with Crippen LogP contribution in [0.5, 0.6) is 0 Å². The maximum absolute atomic E-state index is 11.9. The minimum Gasteiger partial charge on any atom is -0.396 e. The molecule has 7 heteroatoms. The maximum atomic E-state index is 11.9. The third kappa shape index (κ3) is 3.03. The van der Waals surface area contributed by atoms with E-state index >= 15 is 0 Å². The number of amides is 1. The zero-order valence-corrected chi connectivity index (χ0v) is 13.8. The van der Waals surface area contributed by atoms with Gasteiger partial charge in [0.25, 0.3) is 5.91 Å². The first-order valence-corrected chi connectivity index (χ1v) is 7.95. The summed E-state index contributed by atoms with van der Waals surface area (Å²) >= 11 is 0. The Labute approximate surface area is 140 Å². The molecule has 1 amide bonds. The molecule has 0 bridgehead atoms. The van der Waals surface area contributed by atoms with Gasteiger partial charge in [-0.15, -0.1) is 0 Å². The summed E-state index contributed by atoms with van der Waals surface area (Å²) in [6.07, 6.45) is 8.46. The Morgan fingerprint density at radius 2 is 2.21 bits per heavy atom. The number of H-pyrrole nitrogens is 1. The normalized spacial score (nSPS) is 21.1. The summed E-state index contributed by atoms with van der Waals surface area (Å²) in [5, 5.41) is 16.0. The number of allylic oxidation sites excluding steroid dienone is 1. The summed E-state index contributed by atoms with van der Waals surface area (Å²) in [5.74, 6) is -0.668. The molecule has 7 nitrogen and oxygen atoms in total. The lowest BCUT2D eigenvalue weighted by Gasteiger charge is -2.16. The van der Waals surface area contributed by atoms with E-state index in [-0.39, 0.29) is 12.5 Å². The van der Waals surface area contributed by atoms with Gasteiger partial charge in [0, 0.05) is 36.6 Å². The summed E-state index contributed by atoms with van der Waals surface area (Å²) in [4.78, 5) is 19.6. The average Bonchev–Trinajstić information content (AvgIpc) is 3.11. The van der Waals surface area contributed by atoms with Crippen LogP contribution in [0.4, 0.5) is 0 Å². The third-order valence-electron chi connectivity index (χ3n) is 4.28. The van der Waals surface area contributed by atoms with E-state index in [2.05, 4.69) is 32.7 Å². The molecule has 4 N–H and O–H groups in total. The SMILES string of the molecule is Cc1[nH]c(C=C2NC=CN=C2C2C=NNC2=O)c(C)c1CCCO. The van der Waals surface area contributed by atoms with Crippen LogP contribution in [-0.4, -0.2) is 34.5 Å². The third-order valence-corrected chi connectivity index (χ3v) is 4.28. The Bertz CT molecular complexity index is 770. The van der Waals surface area contributed by atoms with E-state index < -0.39 is 5.92 Å². The zero-order valence-electron chi connectivity index (χ0n) is 13.8. The van der Waals surface area contributed by atoms with Crippen LogP contribution in [0.2, 0.25) is 0 Å². The number of aromatic amines is 1. The maximum Gasteiger partial charge on any atom is 0.254 e. The summed E-state index contributed by atoms with van der Waals surface area (Å²) in [6, 6.07) is 0. The number of carbonyl (C=O) groups excluding carboxylic acids is 1. The number of hydrazone groups is 1. The van der Waals surface area contributed by atoms with Crippen LogP contribution in [0.15, 0.2) is 28.2 Å². The molecule has 1 aromatic heterocycles. The molecule has 0 spiro atoms. The highest BCUT2D eigenvalue weighted by molar-refractivity contribution is 6.24. The van der Waals surface area contributed by atoms with E-state index in [1.54, 1.807) is 18.6 Å². The number of hydrogen-bond donors (Lipinski definition) is 4. The summed E-state index contributed by atoms with van der Waals surface area (Å²) in [7, 11) is 0. The fourth-order valence-corrected chi connectivity index (χ4v) is 2.99. The molecule has 126 valence electrons. The van der Waals surface area contributed by atoms with Crippen molar-refractivity contribution < 1.29 is 9.90 Å². The monoisotopic (exact) mass is 327 g/mol. The summed E-state index contributed by atoms with van der Waals surface area (Å²) in [5.41, 5.74) is 8.28. The van der Waals surface area contributed by atoms with Gasteiger partial charge in [-0.05, 0) is 43.9 Å². The average molecular weight is 327 g/mol. The highest BCUT2D eigenvalue weighted by Gasteiger charge is 2.29. The van der Waals surface area contributed by atoms with Gasteiger partial charge in [-0.3, -0.25) is 9.79 Å². The fourth-order valence-electron chi connectivity index (χ4n) is 2.99. The summed E-state index contributed by atoms with van der Waals surface area (Å²) in [6.45, 7) is 4.27. The predicted molar refractivity (Wildman–Crippen MR) is 93.5 cm³/mol. The van der Waals surface area contributed by atoms with Crippen molar-refractivity contribution in [2.75, 3.05) is 6.61 Å². The van der Waals surface area contributed by atoms with E-state index in [9.17, 15) is 4.79 Å². The Balaban J connectivity index is 1.93. The number of nitrogens with zero attached hydrogens (tertiary/aromatic N) is 2. The van der Waals surface area contributed by atoms with E-state index in [0.29, 0.717) is 5.71 Å². The zero-order chi connectivity index (χ0) is 17.1. The lowest BCUT2D eigenvalue weighted by atomic mass is 9.99. The first-order valence-electron chi connectivity index (χ1n) is 7.95. The molecule has 1 aromatic rings. The van der Waals surface area contributed by atoms with Crippen molar-refractivity contribution in [3.05, 3.63) is 40.6 Å². The van der Waals surface area contributed by atoms with Gasteiger partial charge in [-0.2, -0.15) is 5.10 Å². The van der Waals surface area contributed by atoms with Crippen LogP contribution >= 0.6 is 0 Å². The molecule has 1 unspecified atom stereocenters. The van der Waals surface area contributed by atoms with Gasteiger partial charge in [-0.1, -0.05) is 0 Å². The van der Waals surface area contributed by atoms with Crippen LogP contribution < -0.4 is 10.7 Å². The van der Waals surface area contributed by atoms with Gasteiger partial charge in [0.1, 0.15) is 5.92 Å². The molecule has 3 rings (SSSR count). The second-order valence-electron chi connectivity index (χ2n) is 5.86. The molecule has 24 heavy (non-hydrogen) atoms. The quantitative estimate of drug-likeness (QED) is 0.652. The molecule has 0 saturated heterocycles. The number of hydrogen-bond acceptors (Lipinski definition) is 5. The first kappa shape index (κ1) is 16.2. The van der Waals surface area contributed by atoms with Gasteiger partial charge in [-0.25, -0.2) is 5.43 Å². The van der Waals surface area contributed by atoms with Crippen molar-refractivity contribution >= 4 is 23.9 Å². The molecule has 3 heterocycles. The largest absolute Gasteiger partial charge is 0.396 e. The van der Waals surface area contributed by atoms with Gasteiger partial charge < -0.3 is 15.4 Å². The first-order chi connectivity index (χ1) is 11.6. The number of rotatable bonds is 5. The van der Waals surface area contributed by atoms with Crippen LogP contribution in [0.3, 0.4) is 0 Å². The van der Waals surface area contributed by atoms with E-state index in [4.69, 9.17) is 5.11 Å². The van der Waals surface area contributed by atoms with Crippen molar-refractivity contribution in [1.82, 2.24) is 15.7 Å². The van der Waals surface area contributed by atoms with Gasteiger partial charge in [0.15, 0.2) is 0 Å². The molecule has 0 fully saturated rings. The van der Waals surface area contributed by atoms with Crippen LogP contribution in [-0.2, 0) is 11.2 Å². The van der Waals surface area contributed by atoms with Crippen molar-refractivity contribution in [1.29, 1.82) is 0 Å². The minimum atomic E-state index is -0.487. The second kappa shape index (κ2) is 6.84. The van der Waals surface area contributed by atoms with Crippen LogP contribution in [0, 0.1) is 19.8 Å². The Morgan fingerprint density at radius 3 is 2.92 bits per heavy atom. The Hall–Kier alpha value is -2.67. The molecule has 0 saturated carbocycles. The smallest absolute Gasteiger partial charge is 0.254 e. The highest BCUT2D eigenvalue weighted by Crippen LogP contribution is 2.23. The number of carbonyl (C=O) groups is 1. The topological polar surface area (TPSA) is 102 Å². The summed E-state index contributed by atoms with van der Waals surface area (Å²) < 4.78 is 0. The van der Waals surface area contributed by atoms with Crippen LogP contribution in [0.1, 0.15) is 28.9 Å². The number of aliphatic hydroxyl groups is 1. The van der Waals surface area contributed by atoms with Gasteiger partial charge in [0.05, 0.1) is 11.4 Å². The molecule has 1 atom stereocenters. The molecular formula is C17H21N5O2. The van der Waals surface area contributed by atoms with Crippen LogP contribution in [0.25, 0.3) is 6.08 Å². The molecule has 0 aliphatic carbocycles. The Kier molecular flexibility index (Phi) is 4.61. The Morgan fingerprint density at radius 1 is 1.38 bits per heavy atom. The molecule has 0 radical (unpaired) electrons. The predicted octanol–water partition coefficient (Wildman–Crippen LogP) is 1.14. The number of aliphatic imine (C=N–C) groups is 1. The number of nitrogens with one attached hydrogen (secondary N) is 3. The molecule has 2 aliphatic rings. The van der Waals surface area contributed by atoms with Gasteiger partial charge in [0.2, 0.25) is 0 Å². The number of aryl methyl sites for hydroxylation is 1. The lowest BCUT2D eigenvalue weighted by Crippen LogP contribution is -2.32. The van der Waals surface area contributed by atoms with Gasteiger partial charge >= 0.3 is 0 Å². The van der Waals surface area contributed by atoms with E-state index in [0.717, 1.165) is 35.5 Å². The second-order valence-corrected chi connectivity index (χ2v) is 5.86. The van der Waals surface area contributed by atoms with Crippen molar-refractivity contribution in [3.63, 3.8) is 0 Å². The highest BCUT2D eigenvalue weighted by atomic mass is 16.2. The van der Waals surface area contributed by atoms with Crippen molar-refractivity contribution in [3.8, 4) is 0 Å². The fraction of sp³-hybridized carbons (Fsp3) is 0.353. The lowest BCUT2D eigenvalue weighted by molar-refractivity contribution is -0.120. The standard InChI is InChI=1S/C17H21N5O2/c1-10-12(4-3-7-23)11(2)21-14(10)8-15-16(19-6-5-18-15)13-9-20-22-17(13)24/h5-6,8-9,13,18,21,23H,3-4,7H2,1-2H3,(H,22,24). The number of aliphatic hydroxyl groups excluding tert-OH is 1.